The third-order valence-corrected chi connectivity index (χ3v) is 15.0. The molecule has 0 bridgehead atoms. The summed E-state index contributed by atoms with van der Waals surface area (Å²) in [7, 11) is 0. The standard InChI is InChI=1S/C49H85N3O6/c1-32(2)14-11-12-15-40-36(8)28-42-39-18-17-37-29-38(22-24-48(37,9)41(39)23-25-49(40,42)10)50-26-13-27-51-47(56)43(19-21-45(54)58-31-34(5)6)52-46(55)35(7)16-20-44(53)57-30-33(3)4/h17,32-36,38-43,50H,11-16,18-31H2,1-10H3,(H,51,56)(H,52,55). The van der Waals surface area contributed by atoms with Gasteiger partial charge >= 0.3 is 11.9 Å². The lowest BCUT2D eigenvalue weighted by Crippen LogP contribution is -2.51. The van der Waals surface area contributed by atoms with E-state index in [0.29, 0.717) is 43.1 Å². The van der Waals surface area contributed by atoms with Crippen LogP contribution in [0.3, 0.4) is 0 Å². The van der Waals surface area contributed by atoms with Crippen LogP contribution in [0.5, 0.6) is 0 Å². The number of esters is 2. The molecular formula is C49H85N3O6. The van der Waals surface area contributed by atoms with Crippen LogP contribution in [0.1, 0.15) is 172 Å². The summed E-state index contributed by atoms with van der Waals surface area (Å²) in [6, 6.07) is -0.415. The Morgan fingerprint density at radius 2 is 1.45 bits per heavy atom. The van der Waals surface area contributed by atoms with Crippen LogP contribution in [-0.2, 0) is 28.7 Å². The maximum atomic E-state index is 13.4. The molecule has 3 N–H and O–H groups in total. The molecule has 0 heterocycles. The Bertz CT molecular complexity index is 1380. The molecule has 0 aromatic heterocycles. The quantitative estimate of drug-likeness (QED) is 0.0534. The summed E-state index contributed by atoms with van der Waals surface area (Å²) in [4.78, 5) is 51.1. The van der Waals surface area contributed by atoms with Gasteiger partial charge in [-0.05, 0) is 135 Å². The van der Waals surface area contributed by atoms with Gasteiger partial charge in [-0.1, -0.05) is 100 Å². The fourth-order valence-electron chi connectivity index (χ4n) is 11.5. The van der Waals surface area contributed by atoms with E-state index in [9.17, 15) is 19.2 Å². The fourth-order valence-corrected chi connectivity index (χ4v) is 11.5. The first kappa shape index (κ1) is 48.2. The zero-order valence-electron chi connectivity index (χ0n) is 38.5. The van der Waals surface area contributed by atoms with Crippen molar-refractivity contribution in [2.75, 3.05) is 26.3 Å². The molecule has 9 heteroatoms. The average molecular weight is 812 g/mol. The lowest BCUT2D eigenvalue weighted by Gasteiger charge is -2.58. The zero-order valence-corrected chi connectivity index (χ0v) is 38.5. The number of allylic oxidation sites excluding steroid dienone is 1. The van der Waals surface area contributed by atoms with Crippen LogP contribution in [-0.4, -0.2) is 62.1 Å². The number of carbonyl (C=O) groups excluding carboxylic acids is 4. The predicted molar refractivity (Wildman–Crippen MR) is 234 cm³/mol. The lowest BCUT2D eigenvalue weighted by molar-refractivity contribution is -0.146. The highest BCUT2D eigenvalue weighted by atomic mass is 16.5. The van der Waals surface area contributed by atoms with Gasteiger partial charge in [-0.3, -0.25) is 19.2 Å². The van der Waals surface area contributed by atoms with Crippen LogP contribution in [0, 0.1) is 64.1 Å². The minimum Gasteiger partial charge on any atom is -0.465 e. The van der Waals surface area contributed by atoms with Crippen molar-refractivity contribution in [3.63, 3.8) is 0 Å². The topological polar surface area (TPSA) is 123 Å². The van der Waals surface area contributed by atoms with Crippen molar-refractivity contribution in [1.29, 1.82) is 0 Å². The molecule has 0 spiro atoms. The number of nitrogens with one attached hydrogen (secondary N) is 3. The van der Waals surface area contributed by atoms with Gasteiger partial charge in [-0.25, -0.2) is 0 Å². The molecule has 9 nitrogen and oxygen atoms in total. The normalized spacial score (nSPS) is 30.2. The van der Waals surface area contributed by atoms with E-state index in [1.807, 2.05) is 27.7 Å². The zero-order chi connectivity index (χ0) is 42.6. The Labute approximate surface area is 353 Å². The van der Waals surface area contributed by atoms with Gasteiger partial charge in [0.15, 0.2) is 0 Å². The molecular weight excluding hydrogens is 727 g/mol. The summed E-state index contributed by atoms with van der Waals surface area (Å²) in [5.41, 5.74) is 2.53. The summed E-state index contributed by atoms with van der Waals surface area (Å²) in [5, 5.41) is 9.69. The molecule has 4 rings (SSSR count). The Kier molecular flexibility index (Phi) is 18.7. The number of carbonyl (C=O) groups is 4. The second-order valence-electron chi connectivity index (χ2n) is 21.0. The first-order valence-electron chi connectivity index (χ1n) is 23.8. The van der Waals surface area contributed by atoms with E-state index in [-0.39, 0.29) is 54.9 Å². The Balaban J connectivity index is 1.24. The largest absolute Gasteiger partial charge is 0.465 e. The third kappa shape index (κ3) is 13.3. The van der Waals surface area contributed by atoms with Gasteiger partial charge in [0.05, 0.1) is 13.2 Å². The average Bonchev–Trinajstić information content (AvgIpc) is 3.43. The van der Waals surface area contributed by atoms with Crippen LogP contribution in [0.2, 0.25) is 0 Å². The SMILES string of the molecule is CC(C)CCCCC1C(C)CC2C3CC=C4CC(NCCCNC(=O)C(CCC(=O)OCC(C)C)NC(=O)C(C)CCC(=O)OCC(C)C)CCC4(C)C3CCC12C. The van der Waals surface area contributed by atoms with Crippen molar-refractivity contribution in [3.8, 4) is 0 Å². The molecule has 3 fully saturated rings. The van der Waals surface area contributed by atoms with Gasteiger partial charge in [-0.15, -0.1) is 0 Å². The molecule has 4 aliphatic rings. The first-order chi connectivity index (χ1) is 27.4. The Hall–Kier alpha value is -2.42. The number of ether oxygens (including phenoxy) is 2. The van der Waals surface area contributed by atoms with E-state index in [4.69, 9.17) is 9.47 Å². The van der Waals surface area contributed by atoms with E-state index in [1.54, 1.807) is 12.5 Å². The second-order valence-corrected chi connectivity index (χ2v) is 21.0. The van der Waals surface area contributed by atoms with Crippen LogP contribution >= 0.6 is 0 Å². The second kappa shape index (κ2) is 22.4. The van der Waals surface area contributed by atoms with Gasteiger partial charge in [-0.2, -0.15) is 0 Å². The van der Waals surface area contributed by atoms with Crippen LogP contribution < -0.4 is 16.0 Å². The van der Waals surface area contributed by atoms with Gasteiger partial charge in [0.1, 0.15) is 6.04 Å². The maximum Gasteiger partial charge on any atom is 0.305 e. The van der Waals surface area contributed by atoms with Gasteiger partial charge in [0, 0.05) is 31.3 Å². The fraction of sp³-hybridized carbons (Fsp3) is 0.878. The monoisotopic (exact) mass is 812 g/mol. The van der Waals surface area contributed by atoms with Gasteiger partial charge in [0.25, 0.3) is 0 Å². The Morgan fingerprint density at radius 3 is 2.10 bits per heavy atom. The molecule has 0 aliphatic heterocycles. The molecule has 0 saturated heterocycles. The molecule has 332 valence electrons. The van der Waals surface area contributed by atoms with Crippen molar-refractivity contribution in [2.24, 2.45) is 64.1 Å². The van der Waals surface area contributed by atoms with Crippen LogP contribution in [0.25, 0.3) is 0 Å². The maximum absolute atomic E-state index is 13.4. The number of hydrogen-bond acceptors (Lipinski definition) is 7. The molecule has 10 atom stereocenters. The summed E-state index contributed by atoms with van der Waals surface area (Å²) >= 11 is 0. The summed E-state index contributed by atoms with van der Waals surface area (Å²) < 4.78 is 10.6. The molecule has 0 aromatic rings. The van der Waals surface area contributed by atoms with E-state index >= 15 is 0 Å². The summed E-state index contributed by atoms with van der Waals surface area (Å²) in [5.74, 6) is 3.70. The molecule has 0 aromatic carbocycles. The number of hydrogen-bond donors (Lipinski definition) is 3. The Morgan fingerprint density at radius 1 is 0.776 bits per heavy atom. The first-order valence-corrected chi connectivity index (χ1v) is 23.8. The predicted octanol–water partition coefficient (Wildman–Crippen LogP) is 9.57. The minimum atomic E-state index is -0.869. The van der Waals surface area contributed by atoms with E-state index < -0.39 is 12.0 Å². The van der Waals surface area contributed by atoms with Crippen molar-refractivity contribution in [3.05, 3.63) is 11.6 Å². The summed E-state index contributed by atoms with van der Waals surface area (Å²) in [6.45, 7) is 24.2. The van der Waals surface area contributed by atoms with E-state index in [1.165, 1.54) is 64.2 Å². The third-order valence-electron chi connectivity index (χ3n) is 15.0. The number of fused-ring (bicyclic) bond motifs is 5. The minimum absolute atomic E-state index is 0.0266. The number of amides is 2. The highest BCUT2D eigenvalue weighted by molar-refractivity contribution is 5.89. The highest BCUT2D eigenvalue weighted by Gasteiger charge is 2.59. The van der Waals surface area contributed by atoms with E-state index in [2.05, 4.69) is 56.6 Å². The molecule has 0 radical (unpaired) electrons. The van der Waals surface area contributed by atoms with Crippen molar-refractivity contribution >= 4 is 23.8 Å². The van der Waals surface area contributed by atoms with Gasteiger partial charge in [0.2, 0.25) is 11.8 Å². The van der Waals surface area contributed by atoms with Crippen molar-refractivity contribution in [1.82, 2.24) is 16.0 Å². The molecule has 2 amide bonds. The van der Waals surface area contributed by atoms with E-state index in [0.717, 1.165) is 54.9 Å². The molecule has 3 saturated carbocycles. The highest BCUT2D eigenvalue weighted by Crippen LogP contribution is 2.67. The van der Waals surface area contributed by atoms with Crippen molar-refractivity contribution < 1.29 is 28.7 Å². The number of rotatable bonds is 23. The van der Waals surface area contributed by atoms with Crippen LogP contribution in [0.4, 0.5) is 0 Å². The number of unbranched alkanes of at least 4 members (excludes halogenated alkanes) is 1. The lowest BCUT2D eigenvalue weighted by atomic mass is 9.47. The van der Waals surface area contributed by atoms with Crippen LogP contribution in [0.15, 0.2) is 11.6 Å². The summed E-state index contributed by atoms with van der Waals surface area (Å²) in [6.07, 6.45) is 18.7. The van der Waals surface area contributed by atoms with Gasteiger partial charge < -0.3 is 25.4 Å². The van der Waals surface area contributed by atoms with Crippen molar-refractivity contribution in [2.45, 2.75) is 184 Å². The molecule has 4 aliphatic carbocycles. The smallest absolute Gasteiger partial charge is 0.305 e. The molecule has 58 heavy (non-hydrogen) atoms. The molecule has 10 unspecified atom stereocenters.